The Labute approximate surface area is 120 Å². The Bertz CT molecular complexity index is 834. The average Bonchev–Trinajstić information content (AvgIpc) is 2.77. The zero-order chi connectivity index (χ0) is 14.3. The maximum atomic E-state index is 12.4. The summed E-state index contributed by atoms with van der Waals surface area (Å²) in [6.45, 7) is 1.41. The van der Waals surface area contributed by atoms with Gasteiger partial charge in [-0.3, -0.25) is 9.36 Å². The highest BCUT2D eigenvalue weighted by Gasteiger charge is 2.11. The molecule has 1 N–H and O–H groups in total. The number of aromatic nitrogens is 3. The molecule has 0 saturated heterocycles. The molecule has 0 bridgehead atoms. The summed E-state index contributed by atoms with van der Waals surface area (Å²) in [4.78, 5) is 22.0. The fourth-order valence-corrected chi connectivity index (χ4v) is 2.40. The molecule has 2 aromatic heterocycles. The molecule has 5 nitrogen and oxygen atoms in total. The molecule has 0 aliphatic carbocycles. The van der Waals surface area contributed by atoms with Crippen molar-refractivity contribution < 1.29 is 0 Å². The number of nitrogens with one attached hydrogen (secondary N) is 1. The van der Waals surface area contributed by atoms with Crippen LogP contribution in [0.2, 0.25) is 5.02 Å². The van der Waals surface area contributed by atoms with Gasteiger partial charge in [0.25, 0.3) is 5.56 Å². The molecule has 0 fully saturated rings. The van der Waals surface area contributed by atoms with Gasteiger partial charge < -0.3 is 9.88 Å². The van der Waals surface area contributed by atoms with Gasteiger partial charge in [0.2, 0.25) is 0 Å². The van der Waals surface area contributed by atoms with Crippen molar-refractivity contribution in [2.24, 2.45) is 0 Å². The SMILES string of the molecule is CN(C)CCn1cnc2c([nH]c3ccc(Cl)cc32)c1=O. The van der Waals surface area contributed by atoms with E-state index in [1.165, 1.54) is 0 Å². The van der Waals surface area contributed by atoms with Crippen molar-refractivity contribution in [3.8, 4) is 0 Å². The quantitative estimate of drug-likeness (QED) is 0.804. The first-order valence-corrected chi connectivity index (χ1v) is 6.75. The molecule has 3 rings (SSSR count). The molecule has 0 aliphatic rings. The first kappa shape index (κ1) is 13.1. The number of halogens is 1. The molecule has 3 aromatic rings. The Morgan fingerprint density at radius 3 is 2.95 bits per heavy atom. The van der Waals surface area contributed by atoms with Crippen molar-refractivity contribution in [2.75, 3.05) is 20.6 Å². The van der Waals surface area contributed by atoms with E-state index in [0.717, 1.165) is 17.4 Å². The number of benzene rings is 1. The van der Waals surface area contributed by atoms with Gasteiger partial charge in [0, 0.05) is 29.0 Å². The zero-order valence-electron chi connectivity index (χ0n) is 11.4. The number of fused-ring (bicyclic) bond motifs is 3. The third-order valence-corrected chi connectivity index (χ3v) is 3.56. The molecule has 20 heavy (non-hydrogen) atoms. The zero-order valence-corrected chi connectivity index (χ0v) is 12.1. The number of H-pyrrole nitrogens is 1. The van der Waals surface area contributed by atoms with E-state index in [0.29, 0.717) is 22.6 Å². The summed E-state index contributed by atoms with van der Waals surface area (Å²) in [6, 6.07) is 5.49. The van der Waals surface area contributed by atoms with Crippen molar-refractivity contribution in [3.05, 3.63) is 39.9 Å². The van der Waals surface area contributed by atoms with Gasteiger partial charge in [-0.05, 0) is 32.3 Å². The largest absolute Gasteiger partial charge is 0.349 e. The molecule has 0 atom stereocenters. The van der Waals surface area contributed by atoms with Crippen molar-refractivity contribution in [2.45, 2.75) is 6.54 Å². The van der Waals surface area contributed by atoms with E-state index in [9.17, 15) is 4.79 Å². The Hall–Kier alpha value is -1.85. The smallest absolute Gasteiger partial charge is 0.277 e. The molecular formula is C14H15ClN4O. The number of likely N-dealkylation sites (N-methyl/N-ethyl adjacent to an activating group) is 1. The highest BCUT2D eigenvalue weighted by molar-refractivity contribution is 6.31. The molecule has 6 heteroatoms. The lowest BCUT2D eigenvalue weighted by Gasteiger charge is -2.10. The van der Waals surface area contributed by atoms with Gasteiger partial charge in [-0.2, -0.15) is 0 Å². The lowest BCUT2D eigenvalue weighted by Crippen LogP contribution is -2.26. The number of hydrogen-bond acceptors (Lipinski definition) is 3. The van der Waals surface area contributed by atoms with E-state index in [1.807, 2.05) is 31.1 Å². The normalized spacial score (nSPS) is 11.8. The molecular weight excluding hydrogens is 276 g/mol. The van der Waals surface area contributed by atoms with Gasteiger partial charge in [0.05, 0.1) is 6.33 Å². The van der Waals surface area contributed by atoms with Crippen LogP contribution in [0.15, 0.2) is 29.3 Å². The van der Waals surface area contributed by atoms with E-state index in [2.05, 4.69) is 9.97 Å². The predicted molar refractivity (Wildman–Crippen MR) is 81.4 cm³/mol. The van der Waals surface area contributed by atoms with Gasteiger partial charge in [-0.25, -0.2) is 4.98 Å². The van der Waals surface area contributed by atoms with Gasteiger partial charge in [0.15, 0.2) is 0 Å². The van der Waals surface area contributed by atoms with E-state index in [1.54, 1.807) is 17.0 Å². The van der Waals surface area contributed by atoms with Crippen LogP contribution >= 0.6 is 11.6 Å². The number of hydrogen-bond donors (Lipinski definition) is 1. The third kappa shape index (κ3) is 2.19. The second-order valence-electron chi connectivity index (χ2n) is 5.08. The van der Waals surface area contributed by atoms with Gasteiger partial charge in [0.1, 0.15) is 11.0 Å². The molecule has 1 aromatic carbocycles. The summed E-state index contributed by atoms with van der Waals surface area (Å²) in [5.41, 5.74) is 2.03. The highest BCUT2D eigenvalue weighted by atomic mass is 35.5. The lowest BCUT2D eigenvalue weighted by atomic mass is 10.2. The molecule has 0 aliphatic heterocycles. The first-order chi connectivity index (χ1) is 9.56. The lowest BCUT2D eigenvalue weighted by molar-refractivity contribution is 0.380. The summed E-state index contributed by atoms with van der Waals surface area (Å²) in [5, 5.41) is 1.52. The van der Waals surface area contributed by atoms with Crippen LogP contribution in [-0.2, 0) is 6.54 Å². The summed E-state index contributed by atoms with van der Waals surface area (Å²) >= 11 is 6.00. The average molecular weight is 291 g/mol. The van der Waals surface area contributed by atoms with E-state index >= 15 is 0 Å². The van der Waals surface area contributed by atoms with E-state index in [-0.39, 0.29) is 5.56 Å². The maximum Gasteiger partial charge on any atom is 0.277 e. The minimum Gasteiger partial charge on any atom is -0.349 e. The van der Waals surface area contributed by atoms with Gasteiger partial charge in [-0.1, -0.05) is 11.6 Å². The minimum absolute atomic E-state index is 0.0517. The summed E-state index contributed by atoms with van der Waals surface area (Å²) in [6.07, 6.45) is 1.60. The van der Waals surface area contributed by atoms with E-state index < -0.39 is 0 Å². The van der Waals surface area contributed by atoms with Crippen molar-refractivity contribution in [3.63, 3.8) is 0 Å². The first-order valence-electron chi connectivity index (χ1n) is 6.37. The predicted octanol–water partition coefficient (Wildman–Crippen LogP) is 2.09. The monoisotopic (exact) mass is 290 g/mol. The van der Waals surface area contributed by atoms with Crippen LogP contribution in [0, 0.1) is 0 Å². The molecule has 0 radical (unpaired) electrons. The van der Waals surface area contributed by atoms with Gasteiger partial charge >= 0.3 is 0 Å². The molecule has 0 unspecified atom stereocenters. The van der Waals surface area contributed by atoms with Crippen LogP contribution in [0.25, 0.3) is 21.9 Å². The van der Waals surface area contributed by atoms with Crippen LogP contribution in [-0.4, -0.2) is 40.1 Å². The van der Waals surface area contributed by atoms with Gasteiger partial charge in [-0.15, -0.1) is 0 Å². The summed E-state index contributed by atoms with van der Waals surface area (Å²) in [7, 11) is 3.95. The highest BCUT2D eigenvalue weighted by Crippen LogP contribution is 2.24. The summed E-state index contributed by atoms with van der Waals surface area (Å²) in [5.74, 6) is 0. The molecule has 2 heterocycles. The number of aromatic amines is 1. The van der Waals surface area contributed by atoms with Crippen molar-refractivity contribution in [1.82, 2.24) is 19.4 Å². The minimum atomic E-state index is -0.0517. The second-order valence-corrected chi connectivity index (χ2v) is 5.52. The van der Waals surface area contributed by atoms with Crippen LogP contribution in [0.5, 0.6) is 0 Å². The van der Waals surface area contributed by atoms with Crippen LogP contribution in [0.1, 0.15) is 0 Å². The second kappa shape index (κ2) is 4.92. The van der Waals surface area contributed by atoms with Crippen molar-refractivity contribution in [1.29, 1.82) is 0 Å². The van der Waals surface area contributed by atoms with Crippen LogP contribution in [0.3, 0.4) is 0 Å². The Kier molecular flexibility index (Phi) is 3.23. The molecule has 0 amide bonds. The van der Waals surface area contributed by atoms with Crippen molar-refractivity contribution >= 4 is 33.5 Å². The Balaban J connectivity index is 2.18. The maximum absolute atomic E-state index is 12.4. The number of nitrogens with zero attached hydrogens (tertiary/aromatic N) is 3. The Morgan fingerprint density at radius 2 is 2.20 bits per heavy atom. The summed E-state index contributed by atoms with van der Waals surface area (Å²) < 4.78 is 1.62. The fourth-order valence-electron chi connectivity index (χ4n) is 2.23. The molecule has 0 spiro atoms. The topological polar surface area (TPSA) is 53.9 Å². The molecule has 0 saturated carbocycles. The van der Waals surface area contributed by atoms with Crippen LogP contribution in [0.4, 0.5) is 0 Å². The molecule has 104 valence electrons. The standard InChI is InChI=1S/C14H15ClN4O/c1-18(2)5-6-19-8-16-12-10-7-9(15)3-4-11(10)17-13(12)14(19)20/h3-4,7-8,17H,5-6H2,1-2H3. The van der Waals surface area contributed by atoms with Crippen LogP contribution < -0.4 is 5.56 Å². The Morgan fingerprint density at radius 1 is 1.40 bits per heavy atom. The number of rotatable bonds is 3. The fraction of sp³-hybridized carbons (Fsp3) is 0.286. The third-order valence-electron chi connectivity index (χ3n) is 3.32. The van der Waals surface area contributed by atoms with E-state index in [4.69, 9.17) is 11.6 Å².